The number of nitrogens with zero attached hydrogens (tertiary/aromatic N) is 3. The van der Waals surface area contributed by atoms with Crippen LogP contribution in [0.5, 0.6) is 0 Å². The molecule has 3 aromatic rings. The Kier molecular flexibility index (Phi) is 3.62. The fourth-order valence-corrected chi connectivity index (χ4v) is 3.64. The third-order valence-electron chi connectivity index (χ3n) is 5.29. The molecule has 1 fully saturated rings. The molecular formula is C20H20N4O2. The van der Waals surface area contributed by atoms with E-state index in [1.807, 2.05) is 29.2 Å². The first kappa shape index (κ1) is 15.4. The molecule has 5 rings (SSSR count). The molecule has 0 unspecified atom stereocenters. The molecule has 0 radical (unpaired) electrons. The van der Waals surface area contributed by atoms with E-state index in [0.717, 1.165) is 48.3 Å². The molecule has 2 aromatic heterocycles. The number of aromatic amines is 1. The highest BCUT2D eigenvalue weighted by atomic mass is 16.5. The lowest BCUT2D eigenvalue weighted by molar-refractivity contribution is 0.0720. The van der Waals surface area contributed by atoms with E-state index in [9.17, 15) is 4.79 Å². The summed E-state index contributed by atoms with van der Waals surface area (Å²) in [7, 11) is 0. The van der Waals surface area contributed by atoms with Gasteiger partial charge in [-0.3, -0.25) is 9.89 Å². The van der Waals surface area contributed by atoms with Crippen molar-refractivity contribution in [1.82, 2.24) is 20.3 Å². The minimum Gasteiger partial charge on any atom is -0.351 e. The highest BCUT2D eigenvalue weighted by Crippen LogP contribution is 2.39. The number of aromatic nitrogens is 3. The lowest BCUT2D eigenvalue weighted by Gasteiger charge is -2.18. The minimum absolute atomic E-state index is 0.0660. The monoisotopic (exact) mass is 348 g/mol. The first-order valence-electron chi connectivity index (χ1n) is 9.17. The van der Waals surface area contributed by atoms with Crippen molar-refractivity contribution >= 4 is 5.91 Å². The van der Waals surface area contributed by atoms with Crippen molar-refractivity contribution in [3.8, 4) is 11.3 Å². The number of nitrogens with one attached hydrogen (secondary N) is 1. The molecule has 6 nitrogen and oxygen atoms in total. The van der Waals surface area contributed by atoms with E-state index in [1.54, 1.807) is 0 Å². The molecule has 1 amide bonds. The summed E-state index contributed by atoms with van der Waals surface area (Å²) in [5.74, 6) is 0.784. The van der Waals surface area contributed by atoms with Crippen LogP contribution in [0.1, 0.15) is 46.3 Å². The second kappa shape index (κ2) is 6.12. The van der Waals surface area contributed by atoms with Gasteiger partial charge in [-0.2, -0.15) is 5.10 Å². The summed E-state index contributed by atoms with van der Waals surface area (Å²) >= 11 is 0. The van der Waals surface area contributed by atoms with Crippen LogP contribution in [0.25, 0.3) is 11.3 Å². The number of fused-ring (bicyclic) bond motifs is 1. The molecule has 3 heterocycles. The van der Waals surface area contributed by atoms with Gasteiger partial charge in [-0.25, -0.2) is 0 Å². The van der Waals surface area contributed by atoms with E-state index in [-0.39, 0.29) is 5.91 Å². The maximum atomic E-state index is 12.8. The smallest absolute Gasteiger partial charge is 0.292 e. The van der Waals surface area contributed by atoms with Gasteiger partial charge < -0.3 is 9.42 Å². The fourth-order valence-electron chi connectivity index (χ4n) is 3.64. The molecule has 1 aliphatic heterocycles. The summed E-state index contributed by atoms with van der Waals surface area (Å²) in [5, 5.41) is 11.7. The Morgan fingerprint density at radius 3 is 2.77 bits per heavy atom. The largest absolute Gasteiger partial charge is 0.351 e. The van der Waals surface area contributed by atoms with Crippen molar-refractivity contribution in [1.29, 1.82) is 0 Å². The number of amides is 1. The summed E-state index contributed by atoms with van der Waals surface area (Å²) in [5.41, 5.74) is 5.35. The van der Waals surface area contributed by atoms with E-state index in [1.165, 1.54) is 5.56 Å². The van der Waals surface area contributed by atoms with Gasteiger partial charge in [0.2, 0.25) is 5.76 Å². The standard InChI is InChI=1S/C20H20N4O2/c25-20(18-12-17(23-26-18)13-6-7-13)24-10-8-15-16(9-11-24)21-22-19(15)14-4-2-1-3-5-14/h1-5,12-13H,6-11H2,(H,21,22). The molecule has 0 bridgehead atoms. The quantitative estimate of drug-likeness (QED) is 0.789. The van der Waals surface area contributed by atoms with Gasteiger partial charge in [0.1, 0.15) is 0 Å². The Morgan fingerprint density at radius 1 is 1.15 bits per heavy atom. The Balaban J connectivity index is 1.35. The maximum Gasteiger partial charge on any atom is 0.292 e. The van der Waals surface area contributed by atoms with Crippen molar-refractivity contribution in [2.24, 2.45) is 0 Å². The predicted molar refractivity (Wildman–Crippen MR) is 95.8 cm³/mol. The molecule has 1 aromatic carbocycles. The Labute approximate surface area is 151 Å². The van der Waals surface area contributed by atoms with Gasteiger partial charge in [-0.05, 0) is 19.3 Å². The lowest BCUT2D eigenvalue weighted by atomic mass is 10.0. The van der Waals surface area contributed by atoms with Crippen molar-refractivity contribution < 1.29 is 9.32 Å². The van der Waals surface area contributed by atoms with Gasteiger partial charge in [0.05, 0.1) is 11.4 Å². The summed E-state index contributed by atoms with van der Waals surface area (Å²) in [6.07, 6.45) is 3.84. The van der Waals surface area contributed by atoms with Crippen molar-refractivity contribution in [2.45, 2.75) is 31.6 Å². The number of rotatable bonds is 3. The Morgan fingerprint density at radius 2 is 1.96 bits per heavy atom. The zero-order valence-corrected chi connectivity index (χ0v) is 14.4. The summed E-state index contributed by atoms with van der Waals surface area (Å²) < 4.78 is 5.31. The van der Waals surface area contributed by atoms with Crippen LogP contribution in [-0.2, 0) is 12.8 Å². The van der Waals surface area contributed by atoms with Crippen LogP contribution < -0.4 is 0 Å². The topological polar surface area (TPSA) is 75.0 Å². The first-order chi connectivity index (χ1) is 12.8. The number of benzene rings is 1. The fraction of sp³-hybridized carbons (Fsp3) is 0.350. The second-order valence-corrected chi connectivity index (χ2v) is 7.08. The first-order valence-corrected chi connectivity index (χ1v) is 9.17. The number of carbonyl (C=O) groups is 1. The van der Waals surface area contributed by atoms with Gasteiger partial charge in [0, 0.05) is 48.3 Å². The normalized spacial score (nSPS) is 17.0. The SMILES string of the molecule is O=C(c1cc(C2CC2)no1)N1CCc2[nH]nc(-c3ccccc3)c2CC1. The van der Waals surface area contributed by atoms with E-state index in [2.05, 4.69) is 27.5 Å². The third-order valence-corrected chi connectivity index (χ3v) is 5.29. The van der Waals surface area contributed by atoms with E-state index < -0.39 is 0 Å². The second-order valence-electron chi connectivity index (χ2n) is 7.08. The van der Waals surface area contributed by atoms with E-state index in [0.29, 0.717) is 24.8 Å². The molecule has 0 spiro atoms. The highest BCUT2D eigenvalue weighted by Gasteiger charge is 2.30. The molecule has 26 heavy (non-hydrogen) atoms. The van der Waals surface area contributed by atoms with Crippen LogP contribution in [0.4, 0.5) is 0 Å². The lowest BCUT2D eigenvalue weighted by Crippen LogP contribution is -2.33. The van der Waals surface area contributed by atoms with Crippen LogP contribution in [0.3, 0.4) is 0 Å². The van der Waals surface area contributed by atoms with Crippen LogP contribution in [0.2, 0.25) is 0 Å². The number of H-pyrrole nitrogens is 1. The van der Waals surface area contributed by atoms with Crippen LogP contribution in [0.15, 0.2) is 40.9 Å². The predicted octanol–water partition coefficient (Wildman–Crippen LogP) is 3.18. The zero-order chi connectivity index (χ0) is 17.5. The Bertz CT molecular complexity index is 940. The molecule has 1 N–H and O–H groups in total. The summed E-state index contributed by atoms with van der Waals surface area (Å²) in [6, 6.07) is 12.0. The molecule has 6 heteroatoms. The van der Waals surface area contributed by atoms with Crippen LogP contribution >= 0.6 is 0 Å². The van der Waals surface area contributed by atoms with Crippen LogP contribution in [-0.4, -0.2) is 39.3 Å². The molecule has 132 valence electrons. The number of carbonyl (C=O) groups excluding carboxylic acids is 1. The van der Waals surface area contributed by atoms with Gasteiger partial charge in [0.25, 0.3) is 5.91 Å². The molecule has 1 aliphatic carbocycles. The Hall–Kier alpha value is -2.89. The van der Waals surface area contributed by atoms with Crippen LogP contribution in [0, 0.1) is 0 Å². The molecule has 2 aliphatic rings. The maximum absolute atomic E-state index is 12.8. The van der Waals surface area contributed by atoms with E-state index >= 15 is 0 Å². The average molecular weight is 348 g/mol. The average Bonchev–Trinajstić information content (AvgIpc) is 3.34. The number of hydrogen-bond acceptors (Lipinski definition) is 4. The third kappa shape index (κ3) is 2.71. The molecular weight excluding hydrogens is 328 g/mol. The van der Waals surface area contributed by atoms with Gasteiger partial charge in [-0.1, -0.05) is 35.5 Å². The number of hydrogen-bond donors (Lipinski definition) is 1. The minimum atomic E-state index is -0.0660. The van der Waals surface area contributed by atoms with Crippen molar-refractivity contribution in [3.05, 3.63) is 59.1 Å². The zero-order valence-electron chi connectivity index (χ0n) is 14.4. The summed E-state index contributed by atoms with van der Waals surface area (Å²) in [4.78, 5) is 14.7. The van der Waals surface area contributed by atoms with Gasteiger partial charge in [0.15, 0.2) is 0 Å². The van der Waals surface area contributed by atoms with Crippen molar-refractivity contribution in [3.63, 3.8) is 0 Å². The van der Waals surface area contributed by atoms with E-state index in [4.69, 9.17) is 4.52 Å². The summed E-state index contributed by atoms with van der Waals surface area (Å²) in [6.45, 7) is 1.31. The van der Waals surface area contributed by atoms with Gasteiger partial charge in [-0.15, -0.1) is 0 Å². The highest BCUT2D eigenvalue weighted by molar-refractivity contribution is 5.91. The van der Waals surface area contributed by atoms with Crippen molar-refractivity contribution in [2.75, 3.05) is 13.1 Å². The van der Waals surface area contributed by atoms with Gasteiger partial charge >= 0.3 is 0 Å². The molecule has 0 saturated heterocycles. The molecule has 1 saturated carbocycles. The molecule has 0 atom stereocenters.